The SMILES string of the molecule is C=C(C)C(NCCC)c1csc(Br)c1. The Balaban J connectivity index is 2.72. The first-order chi connectivity index (χ1) is 6.65. The van der Waals surface area contributed by atoms with Crippen LogP contribution in [-0.2, 0) is 0 Å². The molecule has 78 valence electrons. The minimum atomic E-state index is 0.303. The lowest BCUT2D eigenvalue weighted by Gasteiger charge is -2.17. The Hall–Kier alpha value is -0.120. The quantitative estimate of drug-likeness (QED) is 0.796. The van der Waals surface area contributed by atoms with Gasteiger partial charge in [-0.05, 0) is 52.8 Å². The summed E-state index contributed by atoms with van der Waals surface area (Å²) in [6, 6.07) is 2.46. The molecule has 1 heterocycles. The fourth-order valence-electron chi connectivity index (χ4n) is 1.34. The first-order valence-corrected chi connectivity index (χ1v) is 6.45. The van der Waals surface area contributed by atoms with Gasteiger partial charge in [-0.25, -0.2) is 0 Å². The van der Waals surface area contributed by atoms with Gasteiger partial charge >= 0.3 is 0 Å². The van der Waals surface area contributed by atoms with Crippen molar-refractivity contribution in [1.82, 2.24) is 5.32 Å². The molecule has 0 aromatic carbocycles. The van der Waals surface area contributed by atoms with Crippen LogP contribution in [0.15, 0.2) is 27.4 Å². The van der Waals surface area contributed by atoms with E-state index < -0.39 is 0 Å². The largest absolute Gasteiger partial charge is 0.307 e. The number of nitrogens with one attached hydrogen (secondary N) is 1. The van der Waals surface area contributed by atoms with Crippen LogP contribution in [0, 0.1) is 0 Å². The highest BCUT2D eigenvalue weighted by Gasteiger charge is 2.12. The van der Waals surface area contributed by atoms with E-state index in [1.54, 1.807) is 11.3 Å². The molecule has 0 saturated carbocycles. The predicted octanol–water partition coefficient (Wildman–Crippen LogP) is 4.13. The van der Waals surface area contributed by atoms with Gasteiger partial charge < -0.3 is 5.32 Å². The molecular weight excluding hydrogens is 258 g/mol. The Morgan fingerprint density at radius 3 is 2.86 bits per heavy atom. The predicted molar refractivity (Wildman–Crippen MR) is 67.9 cm³/mol. The molecule has 0 spiro atoms. The maximum atomic E-state index is 4.02. The van der Waals surface area contributed by atoms with Crippen LogP contribution in [-0.4, -0.2) is 6.54 Å². The van der Waals surface area contributed by atoms with E-state index in [-0.39, 0.29) is 0 Å². The summed E-state index contributed by atoms with van der Waals surface area (Å²) in [4.78, 5) is 0. The highest BCUT2D eigenvalue weighted by Crippen LogP contribution is 2.28. The van der Waals surface area contributed by atoms with Crippen LogP contribution in [0.3, 0.4) is 0 Å². The zero-order valence-corrected chi connectivity index (χ0v) is 11.0. The van der Waals surface area contributed by atoms with Crippen LogP contribution in [0.2, 0.25) is 0 Å². The molecule has 1 N–H and O–H groups in total. The van der Waals surface area contributed by atoms with Crippen LogP contribution in [0.4, 0.5) is 0 Å². The monoisotopic (exact) mass is 273 g/mol. The molecule has 1 rings (SSSR count). The summed E-state index contributed by atoms with van der Waals surface area (Å²) >= 11 is 5.20. The lowest BCUT2D eigenvalue weighted by atomic mass is 10.0. The third kappa shape index (κ3) is 3.23. The van der Waals surface area contributed by atoms with Gasteiger partial charge in [0.2, 0.25) is 0 Å². The number of rotatable bonds is 5. The van der Waals surface area contributed by atoms with Crippen molar-refractivity contribution in [3.8, 4) is 0 Å². The average molecular weight is 274 g/mol. The zero-order chi connectivity index (χ0) is 10.6. The summed E-state index contributed by atoms with van der Waals surface area (Å²) in [5.74, 6) is 0. The van der Waals surface area contributed by atoms with E-state index in [0.29, 0.717) is 6.04 Å². The fraction of sp³-hybridized carbons (Fsp3) is 0.455. The molecule has 3 heteroatoms. The summed E-state index contributed by atoms with van der Waals surface area (Å²) in [6.07, 6.45) is 1.15. The van der Waals surface area contributed by atoms with Crippen molar-refractivity contribution in [2.75, 3.05) is 6.54 Å². The first kappa shape index (κ1) is 12.0. The molecular formula is C11H16BrNS. The second kappa shape index (κ2) is 5.69. The molecule has 0 amide bonds. The van der Waals surface area contributed by atoms with Gasteiger partial charge in [0.05, 0.1) is 9.83 Å². The maximum absolute atomic E-state index is 4.02. The van der Waals surface area contributed by atoms with Gasteiger partial charge in [-0.1, -0.05) is 19.1 Å². The average Bonchev–Trinajstić information content (AvgIpc) is 2.52. The summed E-state index contributed by atoms with van der Waals surface area (Å²) < 4.78 is 1.18. The van der Waals surface area contributed by atoms with E-state index in [2.05, 4.69) is 53.1 Å². The third-order valence-corrected chi connectivity index (χ3v) is 3.54. The van der Waals surface area contributed by atoms with E-state index in [0.717, 1.165) is 13.0 Å². The van der Waals surface area contributed by atoms with Crippen molar-refractivity contribution in [3.63, 3.8) is 0 Å². The van der Waals surface area contributed by atoms with Crippen LogP contribution >= 0.6 is 27.3 Å². The van der Waals surface area contributed by atoms with Gasteiger partial charge in [0.25, 0.3) is 0 Å². The number of hydrogen-bond donors (Lipinski definition) is 1. The summed E-state index contributed by atoms with van der Waals surface area (Å²) in [7, 11) is 0. The van der Waals surface area contributed by atoms with Crippen molar-refractivity contribution in [2.24, 2.45) is 0 Å². The highest BCUT2D eigenvalue weighted by atomic mass is 79.9. The molecule has 0 saturated heterocycles. The van der Waals surface area contributed by atoms with Gasteiger partial charge in [-0.3, -0.25) is 0 Å². The van der Waals surface area contributed by atoms with Crippen LogP contribution in [0.25, 0.3) is 0 Å². The molecule has 1 atom stereocenters. The minimum Gasteiger partial charge on any atom is -0.307 e. The number of hydrogen-bond acceptors (Lipinski definition) is 2. The fourth-order valence-corrected chi connectivity index (χ4v) is 2.54. The maximum Gasteiger partial charge on any atom is 0.0701 e. The summed E-state index contributed by atoms with van der Waals surface area (Å²) in [5.41, 5.74) is 2.48. The molecule has 1 aromatic rings. The Morgan fingerprint density at radius 1 is 1.71 bits per heavy atom. The van der Waals surface area contributed by atoms with Crippen molar-refractivity contribution >= 4 is 27.3 Å². The van der Waals surface area contributed by atoms with Gasteiger partial charge in [0.15, 0.2) is 0 Å². The normalized spacial score (nSPS) is 12.8. The van der Waals surface area contributed by atoms with Gasteiger partial charge in [0, 0.05) is 0 Å². The molecule has 0 aliphatic rings. The zero-order valence-electron chi connectivity index (χ0n) is 8.64. The second-order valence-electron chi connectivity index (χ2n) is 3.42. The lowest BCUT2D eigenvalue weighted by molar-refractivity contribution is 0.592. The first-order valence-electron chi connectivity index (χ1n) is 4.78. The Morgan fingerprint density at radius 2 is 2.43 bits per heavy atom. The van der Waals surface area contributed by atoms with Crippen LogP contribution < -0.4 is 5.32 Å². The summed E-state index contributed by atoms with van der Waals surface area (Å²) in [5, 5.41) is 5.66. The van der Waals surface area contributed by atoms with Gasteiger partial charge in [-0.2, -0.15) is 0 Å². The molecule has 1 nitrogen and oxygen atoms in total. The van der Waals surface area contributed by atoms with Crippen molar-refractivity contribution in [2.45, 2.75) is 26.3 Å². The van der Waals surface area contributed by atoms with Crippen molar-refractivity contribution in [1.29, 1.82) is 0 Å². The third-order valence-electron chi connectivity index (χ3n) is 2.01. The molecule has 0 fully saturated rings. The Bertz CT molecular complexity index is 306. The Labute approximate surface area is 98.4 Å². The van der Waals surface area contributed by atoms with E-state index in [1.807, 2.05) is 0 Å². The highest BCUT2D eigenvalue weighted by molar-refractivity contribution is 9.11. The standard InChI is InChI=1S/C11H16BrNS/c1-4-5-13-11(8(2)3)9-6-10(12)14-7-9/h6-7,11,13H,2,4-5H2,1,3H3. The van der Waals surface area contributed by atoms with E-state index in [1.165, 1.54) is 14.9 Å². The van der Waals surface area contributed by atoms with E-state index >= 15 is 0 Å². The molecule has 14 heavy (non-hydrogen) atoms. The van der Waals surface area contributed by atoms with Crippen LogP contribution in [0.1, 0.15) is 31.9 Å². The minimum absolute atomic E-state index is 0.303. The second-order valence-corrected chi connectivity index (χ2v) is 5.71. The van der Waals surface area contributed by atoms with Crippen molar-refractivity contribution in [3.05, 3.63) is 32.9 Å². The molecule has 0 radical (unpaired) electrons. The number of thiophene rings is 1. The van der Waals surface area contributed by atoms with E-state index in [9.17, 15) is 0 Å². The lowest BCUT2D eigenvalue weighted by Crippen LogP contribution is -2.22. The topological polar surface area (TPSA) is 12.0 Å². The Kier molecular flexibility index (Phi) is 4.85. The molecule has 1 unspecified atom stereocenters. The molecule has 0 aliphatic carbocycles. The van der Waals surface area contributed by atoms with E-state index in [4.69, 9.17) is 0 Å². The van der Waals surface area contributed by atoms with Crippen LogP contribution in [0.5, 0.6) is 0 Å². The smallest absolute Gasteiger partial charge is 0.0701 e. The van der Waals surface area contributed by atoms with Gasteiger partial charge in [-0.15, -0.1) is 11.3 Å². The number of halogens is 1. The summed E-state index contributed by atoms with van der Waals surface area (Å²) in [6.45, 7) is 9.29. The van der Waals surface area contributed by atoms with Gasteiger partial charge in [0.1, 0.15) is 0 Å². The molecule has 1 aromatic heterocycles. The molecule has 0 aliphatic heterocycles. The van der Waals surface area contributed by atoms with Crippen molar-refractivity contribution < 1.29 is 0 Å². The molecule has 0 bridgehead atoms.